The molecule has 1 N–H and O–H groups in total. The average molecular weight is 350 g/mol. The number of rotatable bonds is 7. The van der Waals surface area contributed by atoms with Gasteiger partial charge in [0.2, 0.25) is 0 Å². The Balaban J connectivity index is 2.73. The van der Waals surface area contributed by atoms with Crippen LogP contribution in [-0.2, 0) is 9.53 Å². The molecule has 0 heterocycles. The molecule has 1 amide bonds. The summed E-state index contributed by atoms with van der Waals surface area (Å²) in [6.45, 7) is 4.82. The van der Waals surface area contributed by atoms with Crippen molar-refractivity contribution in [2.45, 2.75) is 31.2 Å². The summed E-state index contributed by atoms with van der Waals surface area (Å²) in [7, 11) is 1.46. The van der Waals surface area contributed by atoms with E-state index in [0.29, 0.717) is 5.75 Å². The lowest BCUT2D eigenvalue weighted by Crippen LogP contribution is -2.50. The molecule has 1 rings (SSSR count). The van der Waals surface area contributed by atoms with E-state index in [2.05, 4.69) is 11.4 Å². The van der Waals surface area contributed by atoms with Crippen molar-refractivity contribution in [1.82, 2.24) is 5.32 Å². The molecule has 0 aromatic heterocycles. The predicted molar refractivity (Wildman–Crippen MR) is 92.1 cm³/mol. The third-order valence-electron chi connectivity index (χ3n) is 3.75. The average Bonchev–Trinajstić information content (AvgIpc) is 2.58. The van der Waals surface area contributed by atoms with Crippen LogP contribution in [-0.4, -0.2) is 37.4 Å². The van der Waals surface area contributed by atoms with Crippen LogP contribution < -0.4 is 10.1 Å². The van der Waals surface area contributed by atoms with Crippen LogP contribution in [0.1, 0.15) is 31.1 Å². The van der Waals surface area contributed by atoms with Crippen molar-refractivity contribution in [2.75, 3.05) is 20.0 Å². The summed E-state index contributed by atoms with van der Waals surface area (Å²) in [5, 5.41) is 11.8. The third-order valence-corrected chi connectivity index (χ3v) is 4.47. The van der Waals surface area contributed by atoms with E-state index in [-0.39, 0.29) is 11.5 Å². The lowest BCUT2D eigenvalue weighted by atomic mass is 9.90. The number of carbonyl (C=O) groups excluding carboxylic acids is 2. The van der Waals surface area contributed by atoms with Crippen LogP contribution in [0.15, 0.2) is 23.1 Å². The molecule has 6 nitrogen and oxygen atoms in total. The van der Waals surface area contributed by atoms with Gasteiger partial charge in [0.05, 0.1) is 13.2 Å². The minimum absolute atomic E-state index is 0.0821. The van der Waals surface area contributed by atoms with Crippen molar-refractivity contribution in [2.24, 2.45) is 5.92 Å². The highest BCUT2D eigenvalue weighted by Crippen LogP contribution is 2.25. The van der Waals surface area contributed by atoms with E-state index in [0.717, 1.165) is 4.90 Å². The Bertz CT molecular complexity index is 654. The molecular weight excluding hydrogens is 328 g/mol. The van der Waals surface area contributed by atoms with Gasteiger partial charge in [-0.2, -0.15) is 5.26 Å². The van der Waals surface area contributed by atoms with Crippen LogP contribution >= 0.6 is 11.8 Å². The maximum Gasteiger partial charge on any atom is 0.342 e. The summed E-state index contributed by atoms with van der Waals surface area (Å²) < 4.78 is 10.2. The third kappa shape index (κ3) is 4.90. The number of benzene rings is 1. The zero-order chi connectivity index (χ0) is 18.3. The van der Waals surface area contributed by atoms with Gasteiger partial charge in [-0.3, -0.25) is 4.79 Å². The molecule has 0 bridgehead atoms. The summed E-state index contributed by atoms with van der Waals surface area (Å²) in [6, 6.07) is 7.16. The summed E-state index contributed by atoms with van der Waals surface area (Å²) in [5.41, 5.74) is -0.767. The number of hydrogen-bond donors (Lipinski definition) is 1. The SMILES string of the molecule is COc1cc(SC)ccc1C(=O)OCC(=O)N[C@@](C)(C#N)C(C)C. The molecule has 0 aliphatic rings. The van der Waals surface area contributed by atoms with Crippen molar-refractivity contribution in [3.63, 3.8) is 0 Å². The fourth-order valence-corrected chi connectivity index (χ4v) is 2.23. The van der Waals surface area contributed by atoms with Crippen LogP contribution in [0, 0.1) is 17.2 Å². The van der Waals surface area contributed by atoms with E-state index in [1.807, 2.05) is 20.1 Å². The van der Waals surface area contributed by atoms with Crippen LogP contribution in [0.4, 0.5) is 0 Å². The van der Waals surface area contributed by atoms with Crippen molar-refractivity contribution in [1.29, 1.82) is 5.26 Å². The largest absolute Gasteiger partial charge is 0.496 e. The van der Waals surface area contributed by atoms with Gasteiger partial charge in [-0.15, -0.1) is 11.8 Å². The van der Waals surface area contributed by atoms with E-state index in [1.165, 1.54) is 18.9 Å². The number of carbonyl (C=O) groups is 2. The summed E-state index contributed by atoms with van der Waals surface area (Å²) in [6.07, 6.45) is 1.91. The standard InChI is InChI=1S/C17H22N2O4S/c1-11(2)17(3,10-18)19-15(20)9-23-16(21)13-7-6-12(24-5)8-14(13)22-4/h6-8,11H,9H2,1-5H3,(H,19,20)/t17-/m0/s1. The first kappa shape index (κ1) is 19.8. The highest BCUT2D eigenvalue weighted by Gasteiger charge is 2.30. The Morgan fingerprint density at radius 2 is 2.08 bits per heavy atom. The number of esters is 1. The zero-order valence-corrected chi connectivity index (χ0v) is 15.3. The quantitative estimate of drug-likeness (QED) is 0.601. The first-order chi connectivity index (χ1) is 11.3. The number of methoxy groups -OCH3 is 1. The lowest BCUT2D eigenvalue weighted by Gasteiger charge is -2.27. The van der Waals surface area contributed by atoms with Gasteiger partial charge in [0.1, 0.15) is 16.9 Å². The smallest absolute Gasteiger partial charge is 0.342 e. The second-order valence-electron chi connectivity index (χ2n) is 5.66. The minimum Gasteiger partial charge on any atom is -0.496 e. The Morgan fingerprint density at radius 1 is 1.42 bits per heavy atom. The van der Waals surface area contributed by atoms with E-state index >= 15 is 0 Å². The zero-order valence-electron chi connectivity index (χ0n) is 14.5. The number of ether oxygens (including phenoxy) is 2. The van der Waals surface area contributed by atoms with E-state index in [4.69, 9.17) is 9.47 Å². The summed E-state index contributed by atoms with van der Waals surface area (Å²) in [4.78, 5) is 25.0. The number of nitriles is 1. The maximum atomic E-state index is 12.1. The van der Waals surface area contributed by atoms with Crippen molar-refractivity contribution < 1.29 is 19.1 Å². The molecule has 1 aromatic rings. The Kier molecular flexibility index (Phi) is 7.11. The van der Waals surface area contributed by atoms with E-state index < -0.39 is 24.0 Å². The maximum absolute atomic E-state index is 12.1. The number of hydrogen-bond acceptors (Lipinski definition) is 6. The molecule has 0 unspecified atom stereocenters. The molecule has 0 aliphatic carbocycles. The van der Waals surface area contributed by atoms with Gasteiger partial charge in [-0.1, -0.05) is 13.8 Å². The fraction of sp³-hybridized carbons (Fsp3) is 0.471. The van der Waals surface area contributed by atoms with Gasteiger partial charge in [-0.25, -0.2) is 4.79 Å². The van der Waals surface area contributed by atoms with Gasteiger partial charge >= 0.3 is 5.97 Å². The molecule has 1 aromatic carbocycles. The fourth-order valence-electron chi connectivity index (χ4n) is 1.80. The molecule has 0 aliphatic heterocycles. The topological polar surface area (TPSA) is 88.4 Å². The first-order valence-electron chi connectivity index (χ1n) is 7.38. The molecule has 0 saturated heterocycles. The normalized spacial score (nSPS) is 12.9. The van der Waals surface area contributed by atoms with Crippen LogP contribution in [0.2, 0.25) is 0 Å². The second-order valence-corrected chi connectivity index (χ2v) is 6.54. The van der Waals surface area contributed by atoms with Crippen molar-refractivity contribution >= 4 is 23.6 Å². The predicted octanol–water partition coefficient (Wildman–Crippen LogP) is 2.63. The molecule has 0 spiro atoms. The Morgan fingerprint density at radius 3 is 2.58 bits per heavy atom. The minimum atomic E-state index is -1.01. The lowest BCUT2D eigenvalue weighted by molar-refractivity contribution is -0.125. The molecule has 7 heteroatoms. The summed E-state index contributed by atoms with van der Waals surface area (Å²) in [5.74, 6) is -0.878. The van der Waals surface area contributed by atoms with Gasteiger partial charge in [0.25, 0.3) is 5.91 Å². The van der Waals surface area contributed by atoms with Crippen molar-refractivity contribution in [3.8, 4) is 11.8 Å². The molecule has 130 valence electrons. The summed E-state index contributed by atoms with van der Waals surface area (Å²) >= 11 is 1.52. The van der Waals surface area contributed by atoms with Crippen LogP contribution in [0.5, 0.6) is 5.75 Å². The Hall–Kier alpha value is -2.20. The Labute approximate surface area is 146 Å². The van der Waals surface area contributed by atoms with Crippen LogP contribution in [0.25, 0.3) is 0 Å². The molecule has 0 fully saturated rings. The molecule has 0 radical (unpaired) electrons. The number of thioether (sulfide) groups is 1. The number of nitrogens with one attached hydrogen (secondary N) is 1. The molecule has 0 saturated carbocycles. The molecule has 1 atom stereocenters. The van der Waals surface area contributed by atoms with Crippen LogP contribution in [0.3, 0.4) is 0 Å². The highest BCUT2D eigenvalue weighted by molar-refractivity contribution is 7.98. The van der Waals surface area contributed by atoms with E-state index in [1.54, 1.807) is 25.1 Å². The highest BCUT2D eigenvalue weighted by atomic mass is 32.2. The number of nitrogens with zero attached hydrogens (tertiary/aromatic N) is 1. The first-order valence-corrected chi connectivity index (χ1v) is 8.61. The molecular formula is C17H22N2O4S. The van der Waals surface area contributed by atoms with Gasteiger partial charge in [0, 0.05) is 4.90 Å². The van der Waals surface area contributed by atoms with Gasteiger partial charge in [-0.05, 0) is 37.3 Å². The van der Waals surface area contributed by atoms with E-state index in [9.17, 15) is 14.9 Å². The van der Waals surface area contributed by atoms with Crippen molar-refractivity contribution in [3.05, 3.63) is 23.8 Å². The van der Waals surface area contributed by atoms with Gasteiger partial charge < -0.3 is 14.8 Å². The molecule has 24 heavy (non-hydrogen) atoms. The second kappa shape index (κ2) is 8.60. The number of amides is 1. The monoisotopic (exact) mass is 350 g/mol. The van der Waals surface area contributed by atoms with Gasteiger partial charge in [0.15, 0.2) is 6.61 Å².